The zero-order valence-electron chi connectivity index (χ0n) is 16.6. The minimum Gasteiger partial charge on any atom is -0.371 e. The molecule has 3 amide bonds. The lowest BCUT2D eigenvalue weighted by Gasteiger charge is -2.28. The quantitative estimate of drug-likeness (QED) is 0.707. The molecule has 8 nitrogen and oxygen atoms in total. The van der Waals surface area contributed by atoms with Crippen LogP contribution in [-0.4, -0.2) is 64.3 Å². The lowest BCUT2D eigenvalue weighted by Crippen LogP contribution is -2.52. The molecular weight excluding hydrogens is 422 g/mol. The van der Waals surface area contributed by atoms with Crippen LogP contribution < -0.4 is 10.6 Å². The fraction of sp³-hybridized carbons (Fsp3) is 0.500. The normalized spacial score (nSPS) is 20.0. The summed E-state index contributed by atoms with van der Waals surface area (Å²) >= 11 is 3.16. The van der Waals surface area contributed by atoms with Crippen LogP contribution in [0.4, 0.5) is 9.93 Å². The molecule has 2 aliphatic heterocycles. The Kier molecular flexibility index (Phi) is 7.19. The van der Waals surface area contributed by atoms with Gasteiger partial charge in [0.05, 0.1) is 0 Å². The highest BCUT2D eigenvalue weighted by atomic mass is 32.2. The van der Waals surface area contributed by atoms with E-state index in [1.54, 1.807) is 4.90 Å². The number of carbonyl (C=O) groups excluding carboxylic acids is 2. The molecule has 30 heavy (non-hydrogen) atoms. The first-order chi connectivity index (χ1) is 14.7. The molecule has 1 aromatic carbocycles. The first-order valence-corrected chi connectivity index (χ1v) is 12.1. The monoisotopic (exact) mass is 447 g/mol. The number of rotatable bonds is 6. The van der Waals surface area contributed by atoms with Gasteiger partial charge in [-0.05, 0) is 18.4 Å². The molecule has 0 bridgehead atoms. The zero-order chi connectivity index (χ0) is 20.8. The zero-order valence-corrected chi connectivity index (χ0v) is 18.2. The van der Waals surface area contributed by atoms with E-state index in [-0.39, 0.29) is 18.0 Å². The number of hydrogen-bond acceptors (Lipinski definition) is 7. The molecule has 2 saturated heterocycles. The standard InChI is InChI=1S/C20H25N5O3S2/c26-17(22-19-24-23-18(30-19)16-7-4-10-28-16)15(13-14-5-2-1-3-6-14)21-20(27)25-8-11-29-12-9-25/h1-3,5-6,15-16H,4,7-13H2,(H,21,27)(H,22,24,26)/t15-,16-/m0/s1. The van der Waals surface area contributed by atoms with E-state index < -0.39 is 6.04 Å². The predicted octanol–water partition coefficient (Wildman–Crippen LogP) is 2.70. The Morgan fingerprint density at radius 3 is 2.73 bits per heavy atom. The summed E-state index contributed by atoms with van der Waals surface area (Å²) in [6.45, 7) is 2.11. The van der Waals surface area contributed by atoms with Gasteiger partial charge in [0.2, 0.25) is 11.0 Å². The van der Waals surface area contributed by atoms with E-state index in [1.807, 2.05) is 42.1 Å². The van der Waals surface area contributed by atoms with Crippen LogP contribution in [0.15, 0.2) is 30.3 Å². The Balaban J connectivity index is 1.43. The van der Waals surface area contributed by atoms with Gasteiger partial charge in [0.15, 0.2) is 0 Å². The van der Waals surface area contributed by atoms with Crippen LogP contribution in [0, 0.1) is 0 Å². The Bertz CT molecular complexity index is 851. The third-order valence-corrected chi connectivity index (χ3v) is 6.94. The van der Waals surface area contributed by atoms with Gasteiger partial charge in [0.1, 0.15) is 17.2 Å². The van der Waals surface area contributed by atoms with E-state index in [0.717, 1.165) is 41.5 Å². The SMILES string of the molecule is O=C(Nc1nnc([C@@H]2CCCO2)s1)[C@H](Cc1ccccc1)NC(=O)N1CCSCC1. The molecule has 2 aromatic rings. The highest BCUT2D eigenvalue weighted by Gasteiger charge is 2.27. The fourth-order valence-corrected chi connectivity index (χ4v) is 5.18. The van der Waals surface area contributed by atoms with Gasteiger partial charge in [-0.3, -0.25) is 10.1 Å². The van der Waals surface area contributed by atoms with Crippen LogP contribution in [0.2, 0.25) is 0 Å². The number of anilines is 1. The second-order valence-electron chi connectivity index (χ2n) is 7.23. The van der Waals surface area contributed by atoms with E-state index in [2.05, 4.69) is 20.8 Å². The Hall–Kier alpha value is -2.17. The molecule has 0 aliphatic carbocycles. The van der Waals surface area contributed by atoms with Crippen molar-refractivity contribution in [3.05, 3.63) is 40.9 Å². The van der Waals surface area contributed by atoms with Crippen molar-refractivity contribution in [1.82, 2.24) is 20.4 Å². The first-order valence-electron chi connectivity index (χ1n) is 10.1. The van der Waals surface area contributed by atoms with Crippen LogP contribution in [0.1, 0.15) is 29.5 Å². The topological polar surface area (TPSA) is 96.5 Å². The Labute approximate surface area is 183 Å². The molecule has 2 atom stereocenters. The van der Waals surface area contributed by atoms with Gasteiger partial charge >= 0.3 is 6.03 Å². The molecule has 0 spiro atoms. The van der Waals surface area contributed by atoms with E-state index in [1.165, 1.54) is 11.3 Å². The fourth-order valence-electron chi connectivity index (χ4n) is 3.45. The van der Waals surface area contributed by atoms with Crippen LogP contribution in [-0.2, 0) is 16.0 Å². The van der Waals surface area contributed by atoms with Crippen molar-refractivity contribution in [2.75, 3.05) is 36.5 Å². The molecule has 1 aromatic heterocycles. The van der Waals surface area contributed by atoms with E-state index in [0.29, 0.717) is 24.6 Å². The summed E-state index contributed by atoms with van der Waals surface area (Å²) in [7, 11) is 0. The molecule has 10 heteroatoms. The van der Waals surface area contributed by atoms with E-state index >= 15 is 0 Å². The average molecular weight is 448 g/mol. The van der Waals surface area contributed by atoms with E-state index in [4.69, 9.17) is 4.74 Å². The summed E-state index contributed by atoms with van der Waals surface area (Å²) in [6.07, 6.45) is 2.29. The molecule has 2 fully saturated rings. The Morgan fingerprint density at radius 1 is 1.20 bits per heavy atom. The highest BCUT2D eigenvalue weighted by Crippen LogP contribution is 2.31. The lowest BCUT2D eigenvalue weighted by atomic mass is 10.1. The highest BCUT2D eigenvalue weighted by molar-refractivity contribution is 7.99. The number of benzene rings is 1. The molecule has 3 heterocycles. The molecule has 2 N–H and O–H groups in total. The first kappa shape index (κ1) is 21.1. The van der Waals surface area contributed by atoms with Crippen molar-refractivity contribution in [1.29, 1.82) is 0 Å². The smallest absolute Gasteiger partial charge is 0.318 e. The van der Waals surface area contributed by atoms with Crippen molar-refractivity contribution < 1.29 is 14.3 Å². The molecule has 0 radical (unpaired) electrons. The molecule has 160 valence electrons. The number of amides is 3. The second-order valence-corrected chi connectivity index (χ2v) is 9.46. The largest absolute Gasteiger partial charge is 0.371 e. The van der Waals surface area contributed by atoms with Crippen molar-refractivity contribution in [3.63, 3.8) is 0 Å². The maximum Gasteiger partial charge on any atom is 0.318 e. The van der Waals surface area contributed by atoms with Crippen molar-refractivity contribution >= 4 is 40.2 Å². The van der Waals surface area contributed by atoms with Crippen LogP contribution in [0.5, 0.6) is 0 Å². The van der Waals surface area contributed by atoms with E-state index in [9.17, 15) is 9.59 Å². The number of nitrogens with zero attached hydrogens (tertiary/aromatic N) is 3. The number of ether oxygens (including phenoxy) is 1. The third kappa shape index (κ3) is 5.50. The number of urea groups is 1. The molecule has 2 aliphatic rings. The number of hydrogen-bond donors (Lipinski definition) is 2. The third-order valence-electron chi connectivity index (χ3n) is 5.07. The van der Waals surface area contributed by atoms with Gasteiger partial charge < -0.3 is 15.0 Å². The number of aromatic nitrogens is 2. The summed E-state index contributed by atoms with van der Waals surface area (Å²) in [4.78, 5) is 27.5. The summed E-state index contributed by atoms with van der Waals surface area (Å²) in [6, 6.07) is 8.76. The predicted molar refractivity (Wildman–Crippen MR) is 118 cm³/mol. The van der Waals surface area contributed by atoms with Gasteiger partial charge in [0.25, 0.3) is 0 Å². The lowest BCUT2D eigenvalue weighted by molar-refractivity contribution is -0.118. The van der Waals surface area contributed by atoms with Gasteiger partial charge in [-0.15, -0.1) is 10.2 Å². The number of carbonyl (C=O) groups is 2. The molecule has 0 saturated carbocycles. The average Bonchev–Trinajstić information content (AvgIpc) is 3.46. The van der Waals surface area contributed by atoms with Gasteiger partial charge in [0, 0.05) is 37.6 Å². The Morgan fingerprint density at radius 2 is 2.00 bits per heavy atom. The molecule has 4 rings (SSSR count). The van der Waals surface area contributed by atoms with Crippen molar-refractivity contribution in [2.45, 2.75) is 31.4 Å². The number of thioether (sulfide) groups is 1. The molecule has 0 unspecified atom stereocenters. The number of nitrogens with one attached hydrogen (secondary N) is 2. The van der Waals surface area contributed by atoms with Crippen molar-refractivity contribution in [3.8, 4) is 0 Å². The summed E-state index contributed by atoms with van der Waals surface area (Å²) in [5.74, 6) is 1.54. The van der Waals surface area contributed by atoms with Crippen LogP contribution in [0.25, 0.3) is 0 Å². The van der Waals surface area contributed by atoms with Gasteiger partial charge in [-0.25, -0.2) is 4.79 Å². The van der Waals surface area contributed by atoms with Crippen molar-refractivity contribution in [2.24, 2.45) is 0 Å². The van der Waals surface area contributed by atoms with Crippen LogP contribution in [0.3, 0.4) is 0 Å². The maximum absolute atomic E-state index is 13.0. The van der Waals surface area contributed by atoms with Gasteiger partial charge in [-0.2, -0.15) is 11.8 Å². The minimum absolute atomic E-state index is 0.0371. The minimum atomic E-state index is -0.704. The summed E-state index contributed by atoms with van der Waals surface area (Å²) < 4.78 is 5.63. The summed E-state index contributed by atoms with van der Waals surface area (Å²) in [5, 5.41) is 15.2. The van der Waals surface area contributed by atoms with Crippen LogP contribution >= 0.6 is 23.1 Å². The molecular formula is C20H25N5O3S2. The maximum atomic E-state index is 13.0. The second kappa shape index (κ2) is 10.2. The summed E-state index contributed by atoms with van der Waals surface area (Å²) in [5.41, 5.74) is 0.976. The van der Waals surface area contributed by atoms with Gasteiger partial charge in [-0.1, -0.05) is 41.7 Å².